The Morgan fingerprint density at radius 3 is 2.23 bits per heavy atom. The first kappa shape index (κ1) is 31.0. The predicted octanol–water partition coefficient (Wildman–Crippen LogP) is 4.02. The standard InChI is InChI=1S/C22H34F3N4O5P/c1-16(2)29(17(3)4)35(33-12-5-10-26)34-15-14-32-13-11-27-20(30)18-6-8-19(9-7-18)28-21(31)22(23,24)25/h6-9,16-17,21,28,31H,5,11-15H2,1-4H3,(H,27,30). The fraction of sp³-hybridized carbons (Fsp3) is 0.636. The van der Waals surface area contributed by atoms with Crippen LogP contribution in [0.15, 0.2) is 24.3 Å². The number of hydrogen-bond acceptors (Lipinski definition) is 8. The minimum Gasteiger partial charge on any atom is -0.377 e. The largest absolute Gasteiger partial charge is 0.433 e. The number of carbonyl (C=O) groups is 1. The molecule has 0 radical (unpaired) electrons. The van der Waals surface area contributed by atoms with Crippen molar-refractivity contribution in [2.45, 2.75) is 58.6 Å². The molecule has 0 fully saturated rings. The van der Waals surface area contributed by atoms with Crippen molar-refractivity contribution >= 4 is 20.1 Å². The van der Waals surface area contributed by atoms with Crippen molar-refractivity contribution < 1.29 is 36.9 Å². The Kier molecular flexibility index (Phi) is 14.1. The third kappa shape index (κ3) is 12.0. The van der Waals surface area contributed by atoms with Gasteiger partial charge in [0, 0.05) is 29.9 Å². The lowest BCUT2D eigenvalue weighted by molar-refractivity contribution is -0.194. The Labute approximate surface area is 205 Å². The number of nitrogens with one attached hydrogen (secondary N) is 2. The molecule has 1 rings (SSSR count). The Hall–Kier alpha value is -2.00. The topological polar surface area (TPSA) is 116 Å². The highest BCUT2D eigenvalue weighted by Crippen LogP contribution is 2.45. The van der Waals surface area contributed by atoms with Crippen LogP contribution in [0.5, 0.6) is 0 Å². The number of rotatable bonds is 16. The molecule has 0 spiro atoms. The number of hydrogen-bond donors (Lipinski definition) is 3. The first-order chi connectivity index (χ1) is 16.5. The molecule has 0 aromatic heterocycles. The molecule has 13 heteroatoms. The maximum absolute atomic E-state index is 12.4. The van der Waals surface area contributed by atoms with Gasteiger partial charge in [0.25, 0.3) is 14.4 Å². The molecule has 2 unspecified atom stereocenters. The average Bonchev–Trinajstić information content (AvgIpc) is 2.77. The number of amides is 1. The van der Waals surface area contributed by atoms with Gasteiger partial charge in [-0.25, -0.2) is 4.67 Å². The number of nitriles is 1. The zero-order chi connectivity index (χ0) is 26.4. The third-order valence-corrected chi connectivity index (χ3v) is 6.49. The molecule has 9 nitrogen and oxygen atoms in total. The third-order valence-electron chi connectivity index (χ3n) is 4.38. The second-order valence-electron chi connectivity index (χ2n) is 7.91. The summed E-state index contributed by atoms with van der Waals surface area (Å²) >= 11 is 0. The van der Waals surface area contributed by atoms with Gasteiger partial charge in [-0.15, -0.1) is 0 Å². The fourth-order valence-corrected chi connectivity index (χ4v) is 4.46. The molecule has 0 heterocycles. The molecule has 3 N–H and O–H groups in total. The van der Waals surface area contributed by atoms with Crippen LogP contribution in [0, 0.1) is 11.3 Å². The van der Waals surface area contributed by atoms with Gasteiger partial charge in [-0.3, -0.25) is 4.79 Å². The highest BCUT2D eigenvalue weighted by molar-refractivity contribution is 7.44. The Bertz CT molecular complexity index is 783. The molecular formula is C22H34F3N4O5P. The van der Waals surface area contributed by atoms with Crippen LogP contribution in [0.3, 0.4) is 0 Å². The summed E-state index contributed by atoms with van der Waals surface area (Å²) in [5.41, 5.74) is 0.280. The second-order valence-corrected chi connectivity index (χ2v) is 9.37. The van der Waals surface area contributed by atoms with Crippen LogP contribution < -0.4 is 10.6 Å². The van der Waals surface area contributed by atoms with Gasteiger partial charge in [0.2, 0.25) is 6.23 Å². The number of nitrogens with zero attached hydrogens (tertiary/aromatic N) is 2. The maximum atomic E-state index is 12.4. The van der Waals surface area contributed by atoms with Crippen LogP contribution in [-0.2, 0) is 13.8 Å². The quantitative estimate of drug-likeness (QED) is 0.169. The molecule has 2 atom stereocenters. The van der Waals surface area contributed by atoms with Gasteiger partial charge in [-0.05, 0) is 52.0 Å². The van der Waals surface area contributed by atoms with Crippen LogP contribution in [0.4, 0.5) is 18.9 Å². The molecule has 1 amide bonds. The number of aliphatic hydroxyl groups is 1. The van der Waals surface area contributed by atoms with Crippen LogP contribution in [0.25, 0.3) is 0 Å². The molecule has 1 aromatic rings. The van der Waals surface area contributed by atoms with Crippen molar-refractivity contribution in [3.8, 4) is 6.07 Å². The van der Waals surface area contributed by atoms with Gasteiger partial charge < -0.3 is 29.5 Å². The van der Waals surface area contributed by atoms with E-state index < -0.39 is 26.8 Å². The summed E-state index contributed by atoms with van der Waals surface area (Å²) in [6.07, 6.45) is -7.21. The lowest BCUT2D eigenvalue weighted by Crippen LogP contribution is -2.35. The van der Waals surface area contributed by atoms with Crippen molar-refractivity contribution in [2.24, 2.45) is 0 Å². The predicted molar refractivity (Wildman–Crippen MR) is 126 cm³/mol. The van der Waals surface area contributed by atoms with E-state index >= 15 is 0 Å². The fourth-order valence-electron chi connectivity index (χ4n) is 2.89. The average molecular weight is 523 g/mol. The molecule has 35 heavy (non-hydrogen) atoms. The van der Waals surface area contributed by atoms with E-state index in [1.165, 1.54) is 24.3 Å². The van der Waals surface area contributed by atoms with Gasteiger partial charge in [0.1, 0.15) is 0 Å². The number of carbonyl (C=O) groups excluding carboxylic acids is 1. The summed E-state index contributed by atoms with van der Waals surface area (Å²) in [5.74, 6) is -0.410. The van der Waals surface area contributed by atoms with Gasteiger partial charge in [-0.1, -0.05) is 0 Å². The van der Waals surface area contributed by atoms with E-state index in [0.29, 0.717) is 0 Å². The van der Waals surface area contributed by atoms with Crippen LogP contribution in [-0.4, -0.2) is 73.1 Å². The molecule has 0 saturated heterocycles. The van der Waals surface area contributed by atoms with Crippen molar-refractivity contribution in [1.29, 1.82) is 5.26 Å². The van der Waals surface area contributed by atoms with E-state index in [4.69, 9.17) is 24.2 Å². The van der Waals surface area contributed by atoms with Crippen molar-refractivity contribution in [1.82, 2.24) is 9.99 Å². The number of halogens is 3. The van der Waals surface area contributed by atoms with Gasteiger partial charge in [0.15, 0.2) is 0 Å². The number of alkyl halides is 3. The SMILES string of the molecule is CC(C)N(C(C)C)P(OCCC#N)OCCOCCNC(=O)c1ccc(NC(O)C(F)(F)F)cc1. The molecule has 0 aliphatic carbocycles. The summed E-state index contributed by atoms with van der Waals surface area (Å²) in [4.78, 5) is 12.2. The summed E-state index contributed by atoms with van der Waals surface area (Å²) < 4.78 is 56.4. The molecule has 198 valence electrons. The Morgan fingerprint density at radius 2 is 1.69 bits per heavy atom. The molecule has 0 saturated carbocycles. The molecule has 1 aromatic carbocycles. The van der Waals surface area contributed by atoms with Crippen molar-refractivity contribution in [2.75, 3.05) is 38.3 Å². The highest BCUT2D eigenvalue weighted by atomic mass is 31.2. The minimum absolute atomic E-state index is 0.0276. The van der Waals surface area contributed by atoms with Gasteiger partial charge in [-0.2, -0.15) is 18.4 Å². The van der Waals surface area contributed by atoms with Gasteiger partial charge >= 0.3 is 6.18 Å². The van der Waals surface area contributed by atoms with E-state index in [2.05, 4.69) is 9.99 Å². The highest BCUT2D eigenvalue weighted by Gasteiger charge is 2.38. The number of aliphatic hydroxyl groups excluding tert-OH is 1. The summed E-state index contributed by atoms with van der Waals surface area (Å²) in [6.45, 7) is 9.47. The smallest absolute Gasteiger partial charge is 0.377 e. The molecule has 0 aliphatic heterocycles. The maximum Gasteiger partial charge on any atom is 0.433 e. The van der Waals surface area contributed by atoms with E-state index in [1.807, 2.05) is 39.1 Å². The van der Waals surface area contributed by atoms with E-state index in [-0.39, 0.29) is 62.7 Å². The van der Waals surface area contributed by atoms with E-state index in [9.17, 15) is 18.0 Å². The zero-order valence-corrected chi connectivity index (χ0v) is 21.2. The molecule has 0 aliphatic rings. The summed E-state index contributed by atoms with van der Waals surface area (Å²) in [6, 6.07) is 7.67. The Balaban J connectivity index is 2.36. The van der Waals surface area contributed by atoms with Crippen LogP contribution in [0.1, 0.15) is 44.5 Å². The lowest BCUT2D eigenvalue weighted by Gasteiger charge is -2.35. The van der Waals surface area contributed by atoms with Crippen molar-refractivity contribution in [3.63, 3.8) is 0 Å². The first-order valence-electron chi connectivity index (χ1n) is 11.2. The number of ether oxygens (including phenoxy) is 1. The lowest BCUT2D eigenvalue weighted by atomic mass is 10.2. The summed E-state index contributed by atoms with van der Waals surface area (Å²) in [5, 5.41) is 22.3. The van der Waals surface area contributed by atoms with E-state index in [0.717, 1.165) is 0 Å². The monoisotopic (exact) mass is 522 g/mol. The van der Waals surface area contributed by atoms with Crippen LogP contribution >= 0.6 is 8.53 Å². The first-order valence-corrected chi connectivity index (χ1v) is 12.3. The number of benzene rings is 1. The van der Waals surface area contributed by atoms with Crippen molar-refractivity contribution in [3.05, 3.63) is 29.8 Å². The molecule has 0 bridgehead atoms. The Morgan fingerprint density at radius 1 is 1.09 bits per heavy atom. The van der Waals surface area contributed by atoms with E-state index in [1.54, 1.807) is 0 Å². The van der Waals surface area contributed by atoms with Gasteiger partial charge in [0.05, 0.1) is 38.9 Å². The summed E-state index contributed by atoms with van der Waals surface area (Å²) in [7, 11) is -1.35. The van der Waals surface area contributed by atoms with Crippen LogP contribution in [0.2, 0.25) is 0 Å². The number of anilines is 1. The minimum atomic E-state index is -4.80. The zero-order valence-electron chi connectivity index (χ0n) is 20.3. The normalized spacial score (nSPS) is 13.7. The molecular weight excluding hydrogens is 488 g/mol. The second kappa shape index (κ2) is 15.9.